The molecule has 0 aromatic carbocycles. The first-order chi connectivity index (χ1) is 14.3. The number of aryl methyl sites for hydroxylation is 1. The Morgan fingerprint density at radius 3 is 2.97 bits per heavy atom. The number of ether oxygens (including phenoxy) is 1. The second-order valence-corrected chi connectivity index (χ2v) is 7.56. The van der Waals surface area contributed by atoms with Crippen molar-refractivity contribution in [2.75, 3.05) is 36.4 Å². The number of rotatable bonds is 9. The quantitative estimate of drug-likeness (QED) is 0.612. The zero-order valence-corrected chi connectivity index (χ0v) is 17.9. The van der Waals surface area contributed by atoms with Crippen molar-refractivity contribution in [3.05, 3.63) is 41.9 Å². The van der Waals surface area contributed by atoms with Crippen LogP contribution in [0.3, 0.4) is 0 Å². The smallest absolute Gasteiger partial charge is 0.249 e. The molecule has 2 aromatic rings. The summed E-state index contributed by atoms with van der Waals surface area (Å²) in [6.45, 7) is 8.24. The van der Waals surface area contributed by atoms with Crippen LogP contribution in [0.1, 0.15) is 24.6 Å². The highest BCUT2D eigenvalue weighted by molar-refractivity contribution is 6.04. The molecule has 30 heavy (non-hydrogen) atoms. The zero-order valence-electron chi connectivity index (χ0n) is 17.9. The van der Waals surface area contributed by atoms with Crippen LogP contribution >= 0.6 is 0 Å². The average Bonchev–Trinajstić information content (AvgIpc) is 3.14. The Kier molecular flexibility index (Phi) is 6.71. The van der Waals surface area contributed by atoms with Crippen LogP contribution in [0.2, 0.25) is 0 Å². The molecule has 9 heteroatoms. The predicted molar refractivity (Wildman–Crippen MR) is 116 cm³/mol. The highest BCUT2D eigenvalue weighted by atomic mass is 19.1. The Labute approximate surface area is 176 Å². The van der Waals surface area contributed by atoms with E-state index in [1.54, 1.807) is 18.0 Å². The number of methoxy groups -OCH3 is 1. The molecule has 8 nitrogen and oxygen atoms in total. The average molecular weight is 417 g/mol. The van der Waals surface area contributed by atoms with Gasteiger partial charge in [-0.1, -0.05) is 12.2 Å². The number of amides is 1. The molecule has 0 aliphatic carbocycles. The van der Waals surface area contributed by atoms with Crippen LogP contribution in [0.4, 0.5) is 21.6 Å². The Morgan fingerprint density at radius 1 is 1.50 bits per heavy atom. The minimum Gasteiger partial charge on any atom is -0.379 e. The lowest BCUT2D eigenvalue weighted by molar-refractivity contribution is -0.120. The zero-order chi connectivity index (χ0) is 21.8. The van der Waals surface area contributed by atoms with E-state index in [1.165, 1.54) is 0 Å². The molecular formula is C21H29FN6O2. The molecule has 3 rings (SSSR count). The van der Waals surface area contributed by atoms with E-state index in [0.717, 1.165) is 22.5 Å². The molecule has 0 saturated heterocycles. The Hall–Kier alpha value is -2.94. The van der Waals surface area contributed by atoms with Gasteiger partial charge in [0.15, 0.2) is 0 Å². The number of pyridine rings is 1. The minimum absolute atomic E-state index is 0.105. The number of nitrogens with zero attached hydrogens (tertiary/aromatic N) is 4. The molecule has 3 heterocycles. The van der Waals surface area contributed by atoms with Gasteiger partial charge in [-0.3, -0.25) is 13.9 Å². The second kappa shape index (κ2) is 9.25. The molecule has 1 aliphatic rings. The lowest BCUT2D eigenvalue weighted by Crippen LogP contribution is -2.52. The van der Waals surface area contributed by atoms with Crippen molar-refractivity contribution in [1.29, 1.82) is 0 Å². The fraction of sp³-hybridized carbons (Fsp3) is 0.476. The normalized spacial score (nSPS) is 16.8. The van der Waals surface area contributed by atoms with E-state index < -0.39 is 12.7 Å². The molecule has 2 aromatic heterocycles. The standard InChI is InChI=1S/C21H29FN6O2/c1-13(6-7-22)11-28-12-16(10-24-28)9-23-18-8-17-19(14(2)25-18)26-21(29)20(27(17)4)15(3)30-5/h8,10,12,15,20H,1,6-7,9,11H2,2-5H3,(H,23,25)(H,26,29)/t15-,20+/m1/s1. The van der Waals surface area contributed by atoms with Crippen LogP contribution in [-0.4, -0.2) is 53.6 Å². The summed E-state index contributed by atoms with van der Waals surface area (Å²) in [5.74, 6) is 0.597. The van der Waals surface area contributed by atoms with E-state index in [9.17, 15) is 9.18 Å². The van der Waals surface area contributed by atoms with Gasteiger partial charge in [0.1, 0.15) is 11.9 Å². The van der Waals surface area contributed by atoms with Crippen LogP contribution in [0.25, 0.3) is 0 Å². The summed E-state index contributed by atoms with van der Waals surface area (Å²) in [5.41, 5.74) is 4.12. The monoisotopic (exact) mass is 416 g/mol. The van der Waals surface area contributed by atoms with Gasteiger partial charge in [0.05, 0.1) is 42.6 Å². The summed E-state index contributed by atoms with van der Waals surface area (Å²) in [4.78, 5) is 19.0. The first-order valence-electron chi connectivity index (χ1n) is 9.90. The molecular weight excluding hydrogens is 387 g/mol. The number of alkyl halides is 1. The van der Waals surface area contributed by atoms with Crippen molar-refractivity contribution in [3.63, 3.8) is 0 Å². The number of likely N-dealkylation sites (N-methyl/N-ethyl adjacent to an activating group) is 1. The van der Waals surface area contributed by atoms with Gasteiger partial charge in [0.25, 0.3) is 0 Å². The third-order valence-corrected chi connectivity index (χ3v) is 5.30. The van der Waals surface area contributed by atoms with Crippen molar-refractivity contribution < 1.29 is 13.9 Å². The van der Waals surface area contributed by atoms with E-state index in [4.69, 9.17) is 4.74 Å². The molecule has 1 amide bonds. The van der Waals surface area contributed by atoms with Crippen molar-refractivity contribution in [1.82, 2.24) is 14.8 Å². The van der Waals surface area contributed by atoms with Gasteiger partial charge in [-0.2, -0.15) is 5.10 Å². The predicted octanol–water partition coefficient (Wildman–Crippen LogP) is 2.91. The summed E-state index contributed by atoms with van der Waals surface area (Å²) in [6.07, 6.45) is 3.76. The topological polar surface area (TPSA) is 84.3 Å². The molecule has 0 saturated carbocycles. The number of nitrogens with one attached hydrogen (secondary N) is 2. The van der Waals surface area contributed by atoms with Gasteiger partial charge in [-0.15, -0.1) is 0 Å². The minimum atomic E-state index is -0.423. The Bertz CT molecular complexity index is 928. The number of halogens is 1. The van der Waals surface area contributed by atoms with Crippen molar-refractivity contribution >= 4 is 23.1 Å². The number of carbonyl (C=O) groups is 1. The van der Waals surface area contributed by atoms with Crippen molar-refractivity contribution in [3.8, 4) is 0 Å². The van der Waals surface area contributed by atoms with Crippen LogP contribution in [0.5, 0.6) is 0 Å². The van der Waals surface area contributed by atoms with E-state index in [2.05, 4.69) is 27.3 Å². The van der Waals surface area contributed by atoms with E-state index in [0.29, 0.717) is 31.0 Å². The fourth-order valence-corrected chi connectivity index (χ4v) is 3.58. The van der Waals surface area contributed by atoms with Crippen LogP contribution < -0.4 is 15.5 Å². The van der Waals surface area contributed by atoms with Crippen molar-refractivity contribution in [2.45, 2.75) is 45.5 Å². The third-order valence-electron chi connectivity index (χ3n) is 5.30. The Balaban J connectivity index is 1.73. The number of carbonyl (C=O) groups excluding carboxylic acids is 1. The largest absolute Gasteiger partial charge is 0.379 e. The number of fused-ring (bicyclic) bond motifs is 1. The number of hydrogen-bond acceptors (Lipinski definition) is 6. The summed E-state index contributed by atoms with van der Waals surface area (Å²) >= 11 is 0. The van der Waals surface area contributed by atoms with Gasteiger partial charge >= 0.3 is 0 Å². The van der Waals surface area contributed by atoms with Crippen LogP contribution in [0.15, 0.2) is 30.6 Å². The molecule has 2 N–H and O–H groups in total. The summed E-state index contributed by atoms with van der Waals surface area (Å²) in [6, 6.07) is 1.50. The molecule has 0 radical (unpaired) electrons. The lowest BCUT2D eigenvalue weighted by Gasteiger charge is -2.38. The number of hydrogen-bond donors (Lipinski definition) is 2. The SMILES string of the molecule is C=C(CCF)Cn1cc(CNc2cc3c(c(C)n2)NC(=O)[C@H]([C@@H](C)OC)N3C)cn1. The van der Waals surface area contributed by atoms with E-state index in [-0.39, 0.29) is 12.0 Å². The van der Waals surface area contributed by atoms with E-state index in [1.807, 2.05) is 38.1 Å². The maximum Gasteiger partial charge on any atom is 0.249 e. The first-order valence-corrected chi connectivity index (χ1v) is 9.90. The molecule has 1 aliphatic heterocycles. The second-order valence-electron chi connectivity index (χ2n) is 7.56. The van der Waals surface area contributed by atoms with Gasteiger partial charge in [-0.25, -0.2) is 4.98 Å². The van der Waals surface area contributed by atoms with Crippen LogP contribution in [-0.2, 0) is 22.6 Å². The van der Waals surface area contributed by atoms with Gasteiger partial charge in [0, 0.05) is 38.5 Å². The summed E-state index contributed by atoms with van der Waals surface area (Å²) < 4.78 is 19.5. The van der Waals surface area contributed by atoms with Gasteiger partial charge < -0.3 is 20.3 Å². The Morgan fingerprint density at radius 2 is 2.27 bits per heavy atom. The molecule has 0 spiro atoms. The summed E-state index contributed by atoms with van der Waals surface area (Å²) in [5, 5.41) is 10.6. The van der Waals surface area contributed by atoms with Crippen molar-refractivity contribution in [2.24, 2.45) is 0 Å². The maximum atomic E-state index is 12.5. The molecule has 0 fully saturated rings. The van der Waals surface area contributed by atoms with Crippen LogP contribution in [0, 0.1) is 6.92 Å². The van der Waals surface area contributed by atoms with Gasteiger partial charge in [-0.05, 0) is 20.3 Å². The third kappa shape index (κ3) is 4.62. The maximum absolute atomic E-state index is 12.5. The number of aromatic nitrogens is 3. The summed E-state index contributed by atoms with van der Waals surface area (Å²) in [7, 11) is 3.48. The lowest BCUT2D eigenvalue weighted by atomic mass is 10.0. The molecule has 162 valence electrons. The fourth-order valence-electron chi connectivity index (χ4n) is 3.58. The molecule has 0 bridgehead atoms. The first kappa shape index (κ1) is 21.8. The van der Waals surface area contributed by atoms with E-state index >= 15 is 0 Å². The molecule has 2 atom stereocenters. The molecule has 0 unspecified atom stereocenters. The van der Waals surface area contributed by atoms with Gasteiger partial charge in [0.2, 0.25) is 5.91 Å². The number of anilines is 3. The number of allylic oxidation sites excluding steroid dienone is 1. The highest BCUT2D eigenvalue weighted by Crippen LogP contribution is 2.36. The highest BCUT2D eigenvalue weighted by Gasteiger charge is 2.36.